The van der Waals surface area contributed by atoms with Gasteiger partial charge in [0, 0.05) is 17.8 Å². The molecule has 0 radical (unpaired) electrons. The summed E-state index contributed by atoms with van der Waals surface area (Å²) in [6, 6.07) is 10.0. The maximum atomic E-state index is 12.2. The number of fused-ring (bicyclic) bond motifs is 1. The highest BCUT2D eigenvalue weighted by Gasteiger charge is 2.16. The van der Waals surface area contributed by atoms with E-state index in [-0.39, 0.29) is 0 Å². The zero-order valence-corrected chi connectivity index (χ0v) is 13.3. The molecule has 3 rings (SSSR count). The Balaban J connectivity index is 1.70. The van der Waals surface area contributed by atoms with Gasteiger partial charge < -0.3 is 30.2 Å². The van der Waals surface area contributed by atoms with E-state index in [1.165, 1.54) is 7.11 Å². The van der Waals surface area contributed by atoms with Crippen LogP contribution in [0, 0.1) is 0 Å². The van der Waals surface area contributed by atoms with Crippen molar-refractivity contribution in [1.29, 1.82) is 0 Å². The summed E-state index contributed by atoms with van der Waals surface area (Å²) in [7, 11) is 3.09. The summed E-state index contributed by atoms with van der Waals surface area (Å²) in [5, 5.41) is 8.44. The average molecular weight is 327 g/mol. The molecule has 7 nitrogen and oxygen atoms in total. The molecular weight excluding hydrogens is 310 g/mol. The summed E-state index contributed by atoms with van der Waals surface area (Å²) in [5.74, 6) is 2.21. The van der Waals surface area contributed by atoms with Gasteiger partial charge in [0.1, 0.15) is 11.5 Å². The van der Waals surface area contributed by atoms with E-state index >= 15 is 0 Å². The number of anilines is 3. The molecule has 2 aromatic carbocycles. The summed E-state index contributed by atoms with van der Waals surface area (Å²) in [6.45, 7) is 3.69. The predicted octanol–water partition coefficient (Wildman–Crippen LogP) is 3.62. The number of ether oxygens (including phenoxy) is 3. The fourth-order valence-electron chi connectivity index (χ4n) is 2.28. The van der Waals surface area contributed by atoms with Crippen molar-refractivity contribution in [2.75, 3.05) is 30.2 Å². The smallest absolute Gasteiger partial charge is 0.323 e. The first kappa shape index (κ1) is 15.5. The van der Waals surface area contributed by atoms with E-state index in [4.69, 9.17) is 14.2 Å². The van der Waals surface area contributed by atoms with Crippen molar-refractivity contribution in [3.8, 4) is 17.2 Å². The van der Waals surface area contributed by atoms with E-state index < -0.39 is 6.03 Å². The van der Waals surface area contributed by atoms with Crippen molar-refractivity contribution >= 4 is 23.1 Å². The largest absolute Gasteiger partial charge is 0.497 e. The lowest BCUT2D eigenvalue weighted by atomic mass is 10.2. The van der Waals surface area contributed by atoms with Gasteiger partial charge in [-0.15, -0.1) is 0 Å². The number of carbonyl (C=O) groups is 1. The second-order valence-electron chi connectivity index (χ2n) is 5.01. The molecule has 2 amide bonds. The van der Waals surface area contributed by atoms with Crippen molar-refractivity contribution in [1.82, 2.24) is 0 Å². The second kappa shape index (κ2) is 6.41. The number of amides is 2. The molecule has 0 atom stereocenters. The molecule has 0 fully saturated rings. The molecule has 1 heterocycles. The highest BCUT2D eigenvalue weighted by molar-refractivity contribution is 6.01. The lowest BCUT2D eigenvalue weighted by Gasteiger charge is -2.12. The summed E-state index contributed by atoms with van der Waals surface area (Å²) < 4.78 is 15.8. The zero-order valence-electron chi connectivity index (χ0n) is 13.3. The van der Waals surface area contributed by atoms with Gasteiger partial charge in [-0.25, -0.2) is 4.79 Å². The molecule has 0 aliphatic carbocycles. The van der Waals surface area contributed by atoms with E-state index in [1.807, 2.05) is 0 Å². The quantitative estimate of drug-likeness (QED) is 0.799. The fraction of sp³-hybridized carbons (Fsp3) is 0.118. The van der Waals surface area contributed by atoms with Crippen LogP contribution in [0.15, 0.2) is 48.9 Å². The zero-order chi connectivity index (χ0) is 17.1. The second-order valence-corrected chi connectivity index (χ2v) is 5.01. The van der Waals surface area contributed by atoms with Gasteiger partial charge in [0.05, 0.1) is 25.6 Å². The first-order valence-corrected chi connectivity index (χ1v) is 7.17. The third kappa shape index (κ3) is 3.19. The van der Waals surface area contributed by atoms with E-state index in [0.717, 1.165) is 5.69 Å². The normalized spacial score (nSPS) is 11.8. The molecule has 2 aromatic rings. The number of hydrogen-bond donors (Lipinski definition) is 3. The Kier molecular flexibility index (Phi) is 4.15. The Labute approximate surface area is 139 Å². The van der Waals surface area contributed by atoms with Gasteiger partial charge in [-0.1, -0.05) is 0 Å². The van der Waals surface area contributed by atoms with Crippen LogP contribution in [0.3, 0.4) is 0 Å². The van der Waals surface area contributed by atoms with Crippen LogP contribution in [0.2, 0.25) is 0 Å². The molecule has 24 heavy (non-hydrogen) atoms. The third-order valence-electron chi connectivity index (χ3n) is 3.40. The summed E-state index contributed by atoms with van der Waals surface area (Å²) >= 11 is 0. The molecule has 0 aromatic heterocycles. The van der Waals surface area contributed by atoms with Gasteiger partial charge >= 0.3 is 6.03 Å². The molecule has 0 saturated carbocycles. The minimum Gasteiger partial charge on any atom is -0.497 e. The van der Waals surface area contributed by atoms with E-state index in [2.05, 4.69) is 22.5 Å². The van der Waals surface area contributed by atoms with Crippen LogP contribution in [-0.4, -0.2) is 20.3 Å². The van der Waals surface area contributed by atoms with Crippen LogP contribution in [0.5, 0.6) is 17.2 Å². The molecule has 0 saturated heterocycles. The number of hydrogen-bond acceptors (Lipinski definition) is 5. The van der Waals surface area contributed by atoms with Crippen LogP contribution in [0.4, 0.5) is 21.9 Å². The topological polar surface area (TPSA) is 80.9 Å². The van der Waals surface area contributed by atoms with Gasteiger partial charge in [0.25, 0.3) is 0 Å². The number of nitrogens with one attached hydrogen (secondary N) is 3. The number of urea groups is 1. The average Bonchev–Trinajstić information content (AvgIpc) is 2.94. The van der Waals surface area contributed by atoms with Crippen LogP contribution in [0.1, 0.15) is 0 Å². The Morgan fingerprint density at radius 2 is 1.96 bits per heavy atom. The van der Waals surface area contributed by atoms with E-state index in [1.54, 1.807) is 43.5 Å². The molecule has 124 valence electrons. The Hall–Kier alpha value is -3.35. The number of rotatable bonds is 4. The molecule has 1 aliphatic heterocycles. The van der Waals surface area contributed by atoms with Gasteiger partial charge in [-0.3, -0.25) is 0 Å². The van der Waals surface area contributed by atoms with E-state index in [0.29, 0.717) is 34.5 Å². The molecule has 1 aliphatic rings. The number of carbonyl (C=O) groups excluding carboxylic acids is 1. The van der Waals surface area contributed by atoms with Crippen LogP contribution >= 0.6 is 0 Å². The Bertz CT molecular complexity index is 804. The molecule has 0 unspecified atom stereocenters. The lowest BCUT2D eigenvalue weighted by molar-refractivity contribution is 0.262. The summed E-state index contributed by atoms with van der Waals surface area (Å²) in [5.41, 5.74) is 1.93. The predicted molar refractivity (Wildman–Crippen MR) is 92.0 cm³/mol. The molecule has 7 heteroatoms. The first-order chi connectivity index (χ1) is 11.6. The van der Waals surface area contributed by atoms with Gasteiger partial charge in [0.15, 0.2) is 11.6 Å². The van der Waals surface area contributed by atoms with Crippen molar-refractivity contribution in [3.63, 3.8) is 0 Å². The van der Waals surface area contributed by atoms with Gasteiger partial charge in [-0.2, -0.15) is 0 Å². The maximum Gasteiger partial charge on any atom is 0.323 e. The highest BCUT2D eigenvalue weighted by atomic mass is 16.5. The van der Waals surface area contributed by atoms with Gasteiger partial charge in [-0.05, 0) is 30.8 Å². The standard InChI is InChI=1S/C17H17N3O4/c1-10-18-14-6-4-11(8-16(14)24-10)19-17(21)20-13-7-5-12(22-2)9-15(13)23-3/h4-9,18H,1H2,2-3H3,(H2,19,20,21). The van der Waals surface area contributed by atoms with Gasteiger partial charge in [0.2, 0.25) is 0 Å². The van der Waals surface area contributed by atoms with Crippen molar-refractivity contribution in [3.05, 3.63) is 48.9 Å². The Morgan fingerprint density at radius 3 is 2.71 bits per heavy atom. The fourth-order valence-corrected chi connectivity index (χ4v) is 2.28. The summed E-state index contributed by atoms with van der Waals surface area (Å²) in [4.78, 5) is 12.2. The van der Waals surface area contributed by atoms with Crippen molar-refractivity contribution in [2.45, 2.75) is 0 Å². The molecule has 0 spiro atoms. The minimum absolute atomic E-state index is 0.400. The van der Waals surface area contributed by atoms with Crippen molar-refractivity contribution < 1.29 is 19.0 Å². The SMILES string of the molecule is C=C1Nc2ccc(NC(=O)Nc3ccc(OC)cc3OC)cc2O1. The van der Waals surface area contributed by atoms with Crippen molar-refractivity contribution in [2.24, 2.45) is 0 Å². The molecule has 3 N–H and O–H groups in total. The van der Waals surface area contributed by atoms with Crippen LogP contribution < -0.4 is 30.2 Å². The lowest BCUT2D eigenvalue weighted by Crippen LogP contribution is -2.19. The molecular formula is C17H17N3O4. The number of methoxy groups -OCH3 is 2. The maximum absolute atomic E-state index is 12.2. The van der Waals surface area contributed by atoms with Crippen LogP contribution in [0.25, 0.3) is 0 Å². The highest BCUT2D eigenvalue weighted by Crippen LogP contribution is 2.35. The number of benzene rings is 2. The van der Waals surface area contributed by atoms with E-state index in [9.17, 15) is 4.79 Å². The monoisotopic (exact) mass is 327 g/mol. The minimum atomic E-state index is -0.400. The summed E-state index contributed by atoms with van der Waals surface area (Å²) in [6.07, 6.45) is 0. The molecule has 0 bridgehead atoms. The van der Waals surface area contributed by atoms with Crippen LogP contribution in [-0.2, 0) is 0 Å². The third-order valence-corrected chi connectivity index (χ3v) is 3.40. The Morgan fingerprint density at radius 1 is 1.12 bits per heavy atom. The first-order valence-electron chi connectivity index (χ1n) is 7.17.